The van der Waals surface area contributed by atoms with E-state index in [0.717, 1.165) is 37.7 Å². The second-order valence-electron chi connectivity index (χ2n) is 10.2. The smallest absolute Gasteiger partial charge is 0.306 e. The van der Waals surface area contributed by atoms with Crippen LogP contribution in [0.25, 0.3) is 0 Å². The van der Waals surface area contributed by atoms with Gasteiger partial charge in [-0.15, -0.1) is 0 Å². The molecule has 1 N–H and O–H groups in total. The van der Waals surface area contributed by atoms with E-state index in [4.69, 9.17) is 9.84 Å². The lowest BCUT2D eigenvalue weighted by molar-refractivity contribution is -0.152. The van der Waals surface area contributed by atoms with Gasteiger partial charge in [-0.3, -0.25) is 19.2 Å². The van der Waals surface area contributed by atoms with E-state index in [1.54, 1.807) is 6.08 Å². The number of aliphatic carboxylic acids is 1. The number of ether oxygens (including phenoxy) is 1. The molecule has 4 aliphatic rings. The molecule has 6 nitrogen and oxygen atoms in total. The number of hydrogen-bond donors (Lipinski definition) is 1. The maximum Gasteiger partial charge on any atom is 0.306 e. The molecule has 0 aromatic heterocycles. The summed E-state index contributed by atoms with van der Waals surface area (Å²) >= 11 is 0. The first-order valence-corrected chi connectivity index (χ1v) is 11.3. The van der Waals surface area contributed by atoms with Crippen molar-refractivity contribution in [3.05, 3.63) is 11.6 Å². The minimum atomic E-state index is -0.913. The molecule has 6 heteroatoms. The third-order valence-electron chi connectivity index (χ3n) is 8.68. The molecule has 0 aromatic carbocycles. The van der Waals surface area contributed by atoms with Crippen molar-refractivity contribution in [1.29, 1.82) is 0 Å². The molecule has 0 amide bonds. The fraction of sp³-hybridized carbons (Fsp3) is 0.750. The van der Waals surface area contributed by atoms with Crippen LogP contribution in [0.3, 0.4) is 0 Å². The summed E-state index contributed by atoms with van der Waals surface area (Å²) in [5.74, 6) is -0.410. The van der Waals surface area contributed by atoms with E-state index in [1.807, 2.05) is 0 Å². The third-order valence-corrected chi connectivity index (χ3v) is 8.68. The predicted molar refractivity (Wildman–Crippen MR) is 108 cm³/mol. The van der Waals surface area contributed by atoms with Crippen molar-refractivity contribution in [2.45, 2.75) is 84.2 Å². The lowest BCUT2D eigenvalue weighted by Gasteiger charge is -2.56. The molecule has 0 spiro atoms. The molecule has 6 atom stereocenters. The van der Waals surface area contributed by atoms with Crippen LogP contribution in [0.5, 0.6) is 0 Å². The Labute approximate surface area is 177 Å². The Balaban J connectivity index is 1.47. The third kappa shape index (κ3) is 3.42. The SMILES string of the molecule is C[C@]12CC[C@H](OC(=O)CCCC(=O)O)CC1=CC(=O)C1C2CC[C@]2(C)C(=O)CCC12. The van der Waals surface area contributed by atoms with Crippen LogP contribution in [0.2, 0.25) is 0 Å². The molecule has 3 unspecified atom stereocenters. The van der Waals surface area contributed by atoms with E-state index in [1.165, 1.54) is 0 Å². The summed E-state index contributed by atoms with van der Waals surface area (Å²) < 4.78 is 5.61. The number of carbonyl (C=O) groups excluding carboxylic acids is 3. The minimum absolute atomic E-state index is 0.0385. The number of fused-ring (bicyclic) bond motifs is 5. The lowest BCUT2D eigenvalue weighted by atomic mass is 9.48. The number of hydrogen-bond acceptors (Lipinski definition) is 5. The van der Waals surface area contributed by atoms with E-state index < -0.39 is 5.97 Å². The van der Waals surface area contributed by atoms with Crippen molar-refractivity contribution in [2.24, 2.45) is 28.6 Å². The van der Waals surface area contributed by atoms with Crippen LogP contribution >= 0.6 is 0 Å². The average molecular weight is 417 g/mol. The summed E-state index contributed by atoms with van der Waals surface area (Å²) in [4.78, 5) is 48.4. The van der Waals surface area contributed by atoms with Crippen molar-refractivity contribution in [3.8, 4) is 0 Å². The fourth-order valence-electron chi connectivity index (χ4n) is 6.87. The maximum absolute atomic E-state index is 13.2. The standard InChI is InChI=1S/C24H32O6/c1-23-10-8-15(30-21(29)5-3-4-20(27)28)12-14(23)13-18(25)22-16-6-7-19(26)24(16,2)11-9-17(22)23/h13,15-17,22H,3-12H2,1-2H3,(H,27,28)/t15-,16?,17?,22?,23-,24-/m0/s1. The van der Waals surface area contributed by atoms with Gasteiger partial charge in [-0.1, -0.05) is 19.4 Å². The number of Topliss-reactive ketones (excluding diaryl/α,β-unsaturated/α-hetero) is 1. The molecular weight excluding hydrogens is 384 g/mol. The lowest BCUT2D eigenvalue weighted by Crippen LogP contribution is -2.53. The molecule has 0 heterocycles. The van der Waals surface area contributed by atoms with Crippen LogP contribution in [0.1, 0.15) is 78.1 Å². The highest BCUT2D eigenvalue weighted by molar-refractivity contribution is 5.96. The Kier molecular flexibility index (Phi) is 5.39. The maximum atomic E-state index is 13.2. The zero-order chi connectivity index (χ0) is 21.7. The summed E-state index contributed by atoms with van der Waals surface area (Å²) in [6.45, 7) is 4.33. The molecule has 0 radical (unpaired) electrons. The number of rotatable bonds is 5. The van der Waals surface area contributed by atoms with Crippen molar-refractivity contribution < 1.29 is 29.0 Å². The van der Waals surface area contributed by atoms with E-state index in [2.05, 4.69) is 13.8 Å². The Morgan fingerprint density at radius 3 is 2.50 bits per heavy atom. The number of ketones is 2. The van der Waals surface area contributed by atoms with E-state index >= 15 is 0 Å². The highest BCUT2D eigenvalue weighted by Gasteiger charge is 2.61. The van der Waals surface area contributed by atoms with Crippen LogP contribution in [0.4, 0.5) is 0 Å². The zero-order valence-corrected chi connectivity index (χ0v) is 17.9. The van der Waals surface area contributed by atoms with Gasteiger partial charge in [0.1, 0.15) is 11.9 Å². The van der Waals surface area contributed by atoms with Crippen molar-refractivity contribution >= 4 is 23.5 Å². The molecule has 164 valence electrons. The topological polar surface area (TPSA) is 97.7 Å². The largest absolute Gasteiger partial charge is 0.481 e. The van der Waals surface area contributed by atoms with Gasteiger partial charge in [0.2, 0.25) is 0 Å². The van der Waals surface area contributed by atoms with Gasteiger partial charge in [0.25, 0.3) is 0 Å². The van der Waals surface area contributed by atoms with Gasteiger partial charge in [-0.2, -0.15) is 0 Å². The van der Waals surface area contributed by atoms with Crippen LogP contribution in [0.15, 0.2) is 11.6 Å². The van der Waals surface area contributed by atoms with Gasteiger partial charge < -0.3 is 9.84 Å². The highest BCUT2D eigenvalue weighted by atomic mass is 16.5. The molecule has 3 fully saturated rings. The molecule has 30 heavy (non-hydrogen) atoms. The first-order valence-electron chi connectivity index (χ1n) is 11.3. The zero-order valence-electron chi connectivity index (χ0n) is 17.9. The van der Waals surface area contributed by atoms with Crippen LogP contribution < -0.4 is 0 Å². The van der Waals surface area contributed by atoms with E-state index in [9.17, 15) is 19.2 Å². The first-order chi connectivity index (χ1) is 14.1. The number of allylic oxidation sites excluding steroid dienone is 1. The van der Waals surface area contributed by atoms with Gasteiger partial charge in [0, 0.05) is 37.0 Å². The molecule has 0 bridgehead atoms. The highest BCUT2D eigenvalue weighted by Crippen LogP contribution is 2.63. The van der Waals surface area contributed by atoms with Crippen molar-refractivity contribution in [1.82, 2.24) is 0 Å². The van der Waals surface area contributed by atoms with Crippen molar-refractivity contribution in [2.75, 3.05) is 0 Å². The van der Waals surface area contributed by atoms with Crippen LogP contribution in [-0.4, -0.2) is 34.7 Å². The number of carboxylic acids is 1. The van der Waals surface area contributed by atoms with Crippen LogP contribution in [-0.2, 0) is 23.9 Å². The summed E-state index contributed by atoms with van der Waals surface area (Å²) in [7, 11) is 0. The molecule has 0 saturated heterocycles. The molecule has 0 aliphatic heterocycles. The molecular formula is C24H32O6. The molecule has 3 saturated carbocycles. The number of carboxylic acid groups (broad SMARTS) is 1. The molecule has 0 aromatic rings. The normalized spacial score (nSPS) is 40.1. The van der Waals surface area contributed by atoms with Crippen molar-refractivity contribution in [3.63, 3.8) is 0 Å². The summed E-state index contributed by atoms with van der Waals surface area (Å²) in [5, 5.41) is 8.70. The number of esters is 1. The predicted octanol–water partition coefficient (Wildman–Crippen LogP) is 3.86. The Morgan fingerprint density at radius 1 is 1.07 bits per heavy atom. The Bertz CT molecular complexity index is 813. The quantitative estimate of drug-likeness (QED) is 0.684. The summed E-state index contributed by atoms with van der Waals surface area (Å²) in [6, 6.07) is 0. The van der Waals surface area contributed by atoms with E-state index in [-0.39, 0.29) is 65.7 Å². The Hall–Kier alpha value is -1.98. The minimum Gasteiger partial charge on any atom is -0.481 e. The van der Waals surface area contributed by atoms with Gasteiger partial charge >= 0.3 is 11.9 Å². The summed E-state index contributed by atoms with van der Waals surface area (Å²) in [5.41, 5.74) is 0.690. The van der Waals surface area contributed by atoms with Gasteiger partial charge in [0.05, 0.1) is 0 Å². The monoisotopic (exact) mass is 416 g/mol. The van der Waals surface area contributed by atoms with Gasteiger partial charge in [-0.05, 0) is 61.9 Å². The number of carbonyl (C=O) groups is 4. The average Bonchev–Trinajstić information content (AvgIpc) is 2.98. The summed E-state index contributed by atoms with van der Waals surface area (Å²) in [6.07, 6.45) is 7.34. The Morgan fingerprint density at radius 2 is 1.77 bits per heavy atom. The molecule has 4 rings (SSSR count). The van der Waals surface area contributed by atoms with E-state index in [0.29, 0.717) is 18.6 Å². The van der Waals surface area contributed by atoms with Crippen LogP contribution in [0, 0.1) is 28.6 Å². The first kappa shape index (κ1) is 21.3. The molecule has 4 aliphatic carbocycles. The van der Waals surface area contributed by atoms with Gasteiger partial charge in [-0.25, -0.2) is 0 Å². The fourth-order valence-corrected chi connectivity index (χ4v) is 6.87. The second-order valence-corrected chi connectivity index (χ2v) is 10.2. The van der Waals surface area contributed by atoms with Gasteiger partial charge in [0.15, 0.2) is 5.78 Å². The second kappa shape index (κ2) is 7.61.